The number of esters is 1. The maximum atomic E-state index is 12.0. The smallest absolute Gasteiger partial charge is 0.309 e. The van der Waals surface area contributed by atoms with Crippen LogP contribution < -0.4 is 10.1 Å². The van der Waals surface area contributed by atoms with Gasteiger partial charge >= 0.3 is 5.97 Å². The molecular formula is C21H32N4O4. The Morgan fingerprint density at radius 2 is 1.86 bits per heavy atom. The van der Waals surface area contributed by atoms with Gasteiger partial charge in [-0.05, 0) is 37.5 Å². The summed E-state index contributed by atoms with van der Waals surface area (Å²) in [5.41, 5.74) is 1.05. The van der Waals surface area contributed by atoms with Crippen molar-refractivity contribution in [3.63, 3.8) is 0 Å². The van der Waals surface area contributed by atoms with E-state index in [1.54, 1.807) is 26.1 Å². The van der Waals surface area contributed by atoms with Gasteiger partial charge in [0.2, 0.25) is 5.91 Å². The van der Waals surface area contributed by atoms with Gasteiger partial charge in [0.25, 0.3) is 0 Å². The van der Waals surface area contributed by atoms with Crippen LogP contribution in [0, 0.1) is 5.92 Å². The molecular weight excluding hydrogens is 372 g/mol. The molecule has 1 saturated heterocycles. The second-order valence-electron chi connectivity index (χ2n) is 7.14. The van der Waals surface area contributed by atoms with Gasteiger partial charge in [0.05, 0.1) is 32.7 Å². The van der Waals surface area contributed by atoms with Crippen LogP contribution >= 0.6 is 0 Å². The van der Waals surface area contributed by atoms with Gasteiger partial charge in [0, 0.05) is 27.2 Å². The maximum Gasteiger partial charge on any atom is 0.309 e. The van der Waals surface area contributed by atoms with Crippen molar-refractivity contribution in [3.8, 4) is 5.75 Å². The number of methoxy groups -OCH3 is 1. The molecule has 1 N–H and O–H groups in total. The lowest BCUT2D eigenvalue weighted by molar-refractivity contribution is -0.149. The Bertz CT molecular complexity index is 695. The Balaban J connectivity index is 2.04. The van der Waals surface area contributed by atoms with E-state index in [-0.39, 0.29) is 24.3 Å². The quantitative estimate of drug-likeness (QED) is 0.421. The van der Waals surface area contributed by atoms with E-state index in [4.69, 9.17) is 14.5 Å². The van der Waals surface area contributed by atoms with Gasteiger partial charge in [-0.2, -0.15) is 0 Å². The molecule has 0 atom stereocenters. The fourth-order valence-electron chi connectivity index (χ4n) is 3.06. The van der Waals surface area contributed by atoms with Gasteiger partial charge < -0.3 is 24.6 Å². The third kappa shape index (κ3) is 6.96. The van der Waals surface area contributed by atoms with E-state index < -0.39 is 0 Å². The molecule has 0 bridgehead atoms. The second-order valence-corrected chi connectivity index (χ2v) is 7.14. The van der Waals surface area contributed by atoms with Crippen LogP contribution in [0.5, 0.6) is 5.75 Å². The molecule has 8 nitrogen and oxygen atoms in total. The van der Waals surface area contributed by atoms with Gasteiger partial charge in [-0.3, -0.25) is 9.59 Å². The van der Waals surface area contributed by atoms with Crippen molar-refractivity contribution in [2.45, 2.75) is 26.3 Å². The maximum absolute atomic E-state index is 12.0. The first-order chi connectivity index (χ1) is 13.9. The summed E-state index contributed by atoms with van der Waals surface area (Å²) < 4.78 is 10.3. The molecule has 1 amide bonds. The largest absolute Gasteiger partial charge is 0.497 e. The Hall–Kier alpha value is -2.77. The standard InChI is InChI=1S/C21H32N4O4/c1-5-29-20(27)17-10-12-25(13-11-17)21(23-15-19(26)24(2)3)22-14-16-6-8-18(28-4)9-7-16/h6-9,17H,5,10-15H2,1-4H3,(H,22,23). The minimum atomic E-state index is -0.125. The number of aliphatic imine (C=N–C) groups is 1. The number of hydrogen-bond acceptors (Lipinski definition) is 5. The highest BCUT2D eigenvalue weighted by Gasteiger charge is 2.27. The predicted octanol–water partition coefficient (Wildman–Crippen LogP) is 1.50. The highest BCUT2D eigenvalue weighted by molar-refractivity contribution is 5.86. The molecule has 1 aromatic carbocycles. The monoisotopic (exact) mass is 404 g/mol. The van der Waals surface area contributed by atoms with Crippen molar-refractivity contribution in [1.82, 2.24) is 15.1 Å². The van der Waals surface area contributed by atoms with Gasteiger partial charge in [0.1, 0.15) is 5.75 Å². The summed E-state index contributed by atoms with van der Waals surface area (Å²) in [7, 11) is 5.09. The Morgan fingerprint density at radius 1 is 1.21 bits per heavy atom. The highest BCUT2D eigenvalue weighted by Crippen LogP contribution is 2.19. The number of amides is 1. The van der Waals surface area contributed by atoms with Gasteiger partial charge in [0.15, 0.2) is 5.96 Å². The van der Waals surface area contributed by atoms with E-state index in [1.807, 2.05) is 31.2 Å². The summed E-state index contributed by atoms with van der Waals surface area (Å²) in [6, 6.07) is 7.74. The summed E-state index contributed by atoms with van der Waals surface area (Å²) in [6.45, 7) is 4.26. The minimum absolute atomic E-state index is 0.0245. The molecule has 0 aliphatic carbocycles. The lowest BCUT2D eigenvalue weighted by Crippen LogP contribution is -2.49. The highest BCUT2D eigenvalue weighted by atomic mass is 16.5. The first-order valence-electron chi connectivity index (χ1n) is 9.97. The Kier molecular flexibility index (Phi) is 8.76. The molecule has 1 heterocycles. The van der Waals surface area contributed by atoms with Crippen molar-refractivity contribution in [2.24, 2.45) is 10.9 Å². The van der Waals surface area contributed by atoms with Gasteiger partial charge in [-0.15, -0.1) is 0 Å². The van der Waals surface area contributed by atoms with Crippen LogP contribution in [0.15, 0.2) is 29.3 Å². The third-order valence-electron chi connectivity index (χ3n) is 4.88. The average molecular weight is 405 g/mol. The first-order valence-corrected chi connectivity index (χ1v) is 9.97. The lowest BCUT2D eigenvalue weighted by Gasteiger charge is -2.33. The van der Waals surface area contributed by atoms with Crippen molar-refractivity contribution < 1.29 is 19.1 Å². The Morgan fingerprint density at radius 3 is 2.41 bits per heavy atom. The number of benzene rings is 1. The Labute approximate surface area is 172 Å². The van der Waals surface area contributed by atoms with E-state index in [0.717, 1.165) is 11.3 Å². The van der Waals surface area contributed by atoms with Crippen molar-refractivity contribution in [3.05, 3.63) is 29.8 Å². The summed E-state index contributed by atoms with van der Waals surface area (Å²) in [6.07, 6.45) is 1.42. The van der Waals surface area contributed by atoms with Gasteiger partial charge in [-0.1, -0.05) is 12.1 Å². The molecule has 0 radical (unpaired) electrons. The first kappa shape index (κ1) is 22.5. The SMILES string of the molecule is CCOC(=O)C1CCN(C(=NCc2ccc(OC)cc2)NCC(=O)N(C)C)CC1. The molecule has 0 saturated carbocycles. The molecule has 0 spiro atoms. The van der Waals surface area contributed by atoms with Gasteiger partial charge in [-0.25, -0.2) is 4.99 Å². The molecule has 29 heavy (non-hydrogen) atoms. The molecule has 1 fully saturated rings. The third-order valence-corrected chi connectivity index (χ3v) is 4.88. The van der Waals surface area contributed by atoms with Crippen molar-refractivity contribution >= 4 is 17.8 Å². The normalized spacial score (nSPS) is 15.0. The number of nitrogens with zero attached hydrogens (tertiary/aromatic N) is 3. The number of rotatable bonds is 7. The van der Waals surface area contributed by atoms with E-state index >= 15 is 0 Å². The topological polar surface area (TPSA) is 83.5 Å². The fourth-order valence-corrected chi connectivity index (χ4v) is 3.06. The summed E-state index contributed by atoms with van der Waals surface area (Å²) in [5.74, 6) is 1.26. The summed E-state index contributed by atoms with van der Waals surface area (Å²) in [5, 5.41) is 3.18. The number of guanidine groups is 1. The van der Waals surface area contributed by atoms with Crippen molar-refractivity contribution in [2.75, 3.05) is 47.4 Å². The van der Waals surface area contributed by atoms with Crippen LogP contribution in [0.1, 0.15) is 25.3 Å². The molecule has 1 aliphatic heterocycles. The number of ether oxygens (including phenoxy) is 2. The van der Waals surface area contributed by atoms with E-state index in [2.05, 4.69) is 10.2 Å². The zero-order valence-electron chi connectivity index (χ0n) is 17.8. The molecule has 0 aromatic heterocycles. The minimum Gasteiger partial charge on any atom is -0.497 e. The number of likely N-dealkylation sites (tertiary alicyclic amines) is 1. The molecule has 8 heteroatoms. The van der Waals surface area contributed by atoms with Crippen LogP contribution in [-0.2, 0) is 20.9 Å². The molecule has 2 rings (SSSR count). The predicted molar refractivity (Wildman–Crippen MR) is 112 cm³/mol. The number of carbonyl (C=O) groups is 2. The zero-order valence-corrected chi connectivity index (χ0v) is 17.8. The van der Waals surface area contributed by atoms with Crippen molar-refractivity contribution in [1.29, 1.82) is 0 Å². The van der Waals surface area contributed by atoms with Crippen LogP contribution in [0.25, 0.3) is 0 Å². The average Bonchev–Trinajstić information content (AvgIpc) is 2.74. The number of piperidine rings is 1. The number of likely N-dealkylation sites (N-methyl/N-ethyl adjacent to an activating group) is 1. The number of carbonyl (C=O) groups excluding carboxylic acids is 2. The van der Waals surface area contributed by atoms with Crippen LogP contribution in [0.2, 0.25) is 0 Å². The number of nitrogens with one attached hydrogen (secondary N) is 1. The van der Waals surface area contributed by atoms with E-state index in [1.165, 1.54) is 0 Å². The zero-order chi connectivity index (χ0) is 21.2. The summed E-state index contributed by atoms with van der Waals surface area (Å²) in [4.78, 5) is 32.3. The van der Waals surface area contributed by atoms with E-state index in [9.17, 15) is 9.59 Å². The molecule has 160 valence electrons. The molecule has 1 aromatic rings. The van der Waals surface area contributed by atoms with Crippen LogP contribution in [-0.4, -0.2) is 75.1 Å². The van der Waals surface area contributed by atoms with E-state index in [0.29, 0.717) is 45.0 Å². The van der Waals surface area contributed by atoms with Crippen LogP contribution in [0.3, 0.4) is 0 Å². The van der Waals surface area contributed by atoms with Crippen LogP contribution in [0.4, 0.5) is 0 Å². The lowest BCUT2D eigenvalue weighted by atomic mass is 9.97. The molecule has 0 unspecified atom stereocenters. The summed E-state index contributed by atoms with van der Waals surface area (Å²) >= 11 is 0. The molecule has 1 aliphatic rings. The second kappa shape index (κ2) is 11.3. The number of hydrogen-bond donors (Lipinski definition) is 1. The fraction of sp³-hybridized carbons (Fsp3) is 0.571.